The highest BCUT2D eigenvalue weighted by atomic mass is 19.1. The van der Waals surface area contributed by atoms with Gasteiger partial charge in [0.25, 0.3) is 0 Å². The van der Waals surface area contributed by atoms with Crippen molar-refractivity contribution in [2.24, 2.45) is 0 Å². The van der Waals surface area contributed by atoms with Crippen LogP contribution in [0.3, 0.4) is 0 Å². The van der Waals surface area contributed by atoms with Gasteiger partial charge >= 0.3 is 0 Å². The number of ether oxygens (including phenoxy) is 1. The molecule has 0 unspecified atom stereocenters. The zero-order chi connectivity index (χ0) is 22.6. The molecule has 0 spiro atoms. The van der Waals surface area contributed by atoms with E-state index in [2.05, 4.69) is 20.3 Å². The third-order valence-electron chi connectivity index (χ3n) is 4.87. The predicted octanol–water partition coefficient (Wildman–Crippen LogP) is 5.56. The Labute approximate surface area is 187 Å². The van der Waals surface area contributed by atoms with Gasteiger partial charge in [0.05, 0.1) is 22.8 Å². The minimum atomic E-state index is -0.340. The van der Waals surface area contributed by atoms with Crippen molar-refractivity contribution in [3.63, 3.8) is 0 Å². The highest BCUT2D eigenvalue weighted by molar-refractivity contribution is 5.88. The summed E-state index contributed by atoms with van der Waals surface area (Å²) in [4.78, 5) is 24.5. The average Bonchev–Trinajstić information content (AvgIpc) is 3.32. The second kappa shape index (κ2) is 8.88. The number of pyridine rings is 1. The van der Waals surface area contributed by atoms with Crippen molar-refractivity contribution in [3.8, 4) is 17.1 Å². The van der Waals surface area contributed by atoms with Crippen LogP contribution in [-0.2, 0) is 6.61 Å². The highest BCUT2D eigenvalue weighted by Crippen LogP contribution is 2.30. The van der Waals surface area contributed by atoms with Gasteiger partial charge in [0.2, 0.25) is 11.8 Å². The smallest absolute Gasteiger partial charge is 0.231 e. The van der Waals surface area contributed by atoms with E-state index < -0.39 is 0 Å². The first-order chi connectivity index (χ1) is 16.2. The molecule has 0 atom stereocenters. The SMILES string of the molecule is O=Cc1cc(-c2cc3c(OCc4cccc(F)c4)nc(Nc4ccccc4)nc3cn2)co1. The minimum Gasteiger partial charge on any atom is -0.472 e. The normalized spacial score (nSPS) is 10.8. The van der Waals surface area contributed by atoms with Crippen LogP contribution in [0.1, 0.15) is 16.1 Å². The fourth-order valence-electron chi connectivity index (χ4n) is 3.31. The molecule has 5 rings (SSSR count). The second-order valence-corrected chi connectivity index (χ2v) is 7.20. The van der Waals surface area contributed by atoms with E-state index in [9.17, 15) is 9.18 Å². The summed E-state index contributed by atoms with van der Waals surface area (Å²) >= 11 is 0. The Kier molecular flexibility index (Phi) is 5.47. The highest BCUT2D eigenvalue weighted by Gasteiger charge is 2.14. The molecule has 3 aromatic heterocycles. The predicted molar refractivity (Wildman–Crippen MR) is 121 cm³/mol. The van der Waals surface area contributed by atoms with Crippen molar-refractivity contribution >= 4 is 28.8 Å². The van der Waals surface area contributed by atoms with E-state index in [4.69, 9.17) is 9.15 Å². The van der Waals surface area contributed by atoms with E-state index in [1.807, 2.05) is 30.3 Å². The second-order valence-electron chi connectivity index (χ2n) is 7.20. The lowest BCUT2D eigenvalue weighted by atomic mass is 10.1. The molecule has 1 N–H and O–H groups in total. The Morgan fingerprint density at radius 3 is 2.70 bits per heavy atom. The minimum absolute atomic E-state index is 0.118. The molecule has 5 aromatic rings. The van der Waals surface area contributed by atoms with Crippen LogP contribution < -0.4 is 10.1 Å². The van der Waals surface area contributed by atoms with Gasteiger partial charge in [0.1, 0.15) is 18.7 Å². The number of nitrogens with zero attached hydrogens (tertiary/aromatic N) is 3. The molecule has 0 aliphatic rings. The lowest BCUT2D eigenvalue weighted by Gasteiger charge is -2.12. The molecule has 0 fully saturated rings. The van der Waals surface area contributed by atoms with E-state index in [1.54, 1.807) is 30.5 Å². The maximum absolute atomic E-state index is 13.6. The summed E-state index contributed by atoms with van der Waals surface area (Å²) in [6.45, 7) is 0.118. The summed E-state index contributed by atoms with van der Waals surface area (Å²) in [5.41, 5.74) is 3.25. The number of furan rings is 1. The number of rotatable bonds is 7. The lowest BCUT2D eigenvalue weighted by Crippen LogP contribution is -2.03. The van der Waals surface area contributed by atoms with E-state index in [-0.39, 0.29) is 18.2 Å². The van der Waals surface area contributed by atoms with Crippen molar-refractivity contribution in [3.05, 3.63) is 96.3 Å². The number of halogens is 1. The molecule has 0 bridgehead atoms. The van der Waals surface area contributed by atoms with Crippen LogP contribution >= 0.6 is 0 Å². The molecular formula is C25H17FN4O3. The number of carbonyl (C=O) groups excluding carboxylic acids is 1. The molecule has 7 nitrogen and oxygen atoms in total. The van der Waals surface area contributed by atoms with E-state index in [0.717, 1.165) is 5.69 Å². The van der Waals surface area contributed by atoms with Crippen molar-refractivity contribution in [2.75, 3.05) is 5.32 Å². The summed E-state index contributed by atoms with van der Waals surface area (Å²) in [5, 5.41) is 3.77. The summed E-state index contributed by atoms with van der Waals surface area (Å²) in [6.07, 6.45) is 3.69. The largest absolute Gasteiger partial charge is 0.472 e. The van der Waals surface area contributed by atoms with Crippen LogP contribution in [0.25, 0.3) is 22.2 Å². The first kappa shape index (κ1) is 20.3. The first-order valence-electron chi connectivity index (χ1n) is 10.1. The zero-order valence-electron chi connectivity index (χ0n) is 17.2. The van der Waals surface area contributed by atoms with Crippen molar-refractivity contribution in [1.82, 2.24) is 15.0 Å². The quantitative estimate of drug-likeness (QED) is 0.331. The number of nitrogens with one attached hydrogen (secondary N) is 1. The van der Waals surface area contributed by atoms with Gasteiger partial charge in [-0.3, -0.25) is 9.78 Å². The third kappa shape index (κ3) is 4.54. The summed E-state index contributed by atoms with van der Waals surface area (Å²) in [6, 6.07) is 19.0. The number of hydrogen-bond acceptors (Lipinski definition) is 7. The van der Waals surface area contributed by atoms with Crippen molar-refractivity contribution in [2.45, 2.75) is 6.61 Å². The van der Waals surface area contributed by atoms with Gasteiger partial charge in [0.15, 0.2) is 12.0 Å². The van der Waals surface area contributed by atoms with Gasteiger partial charge in [-0.2, -0.15) is 4.98 Å². The van der Waals surface area contributed by atoms with Crippen LogP contribution in [0.5, 0.6) is 5.88 Å². The standard InChI is InChI=1S/C25H17FN4O3/c26-18-6-4-5-16(9-18)14-33-24-21-11-22(17-10-20(13-31)32-15-17)27-12-23(21)29-25(30-24)28-19-7-2-1-3-8-19/h1-13,15H,14H2,(H,28,29,30). The maximum Gasteiger partial charge on any atom is 0.231 e. The zero-order valence-corrected chi connectivity index (χ0v) is 17.2. The fraction of sp³-hybridized carbons (Fsp3) is 0.0400. The number of carbonyl (C=O) groups is 1. The van der Waals surface area contributed by atoms with Gasteiger partial charge in [-0.1, -0.05) is 30.3 Å². The van der Waals surface area contributed by atoms with Crippen LogP contribution in [0.4, 0.5) is 16.0 Å². The Hall–Kier alpha value is -4.59. The number of aldehydes is 1. The molecule has 0 saturated carbocycles. The lowest BCUT2D eigenvalue weighted by molar-refractivity contribution is 0.110. The number of aromatic nitrogens is 3. The molecule has 0 radical (unpaired) electrons. The molecule has 33 heavy (non-hydrogen) atoms. The molecule has 3 heterocycles. The number of fused-ring (bicyclic) bond motifs is 1. The topological polar surface area (TPSA) is 90.1 Å². The van der Waals surface area contributed by atoms with Crippen molar-refractivity contribution in [1.29, 1.82) is 0 Å². The number of para-hydroxylation sites is 1. The molecule has 162 valence electrons. The molecule has 8 heteroatoms. The summed E-state index contributed by atoms with van der Waals surface area (Å²) < 4.78 is 24.8. The fourth-order valence-corrected chi connectivity index (χ4v) is 3.31. The Morgan fingerprint density at radius 1 is 1.03 bits per heavy atom. The molecule has 0 aliphatic carbocycles. The van der Waals surface area contributed by atoms with Gasteiger partial charge in [-0.05, 0) is 42.0 Å². The first-order valence-corrected chi connectivity index (χ1v) is 10.1. The van der Waals surface area contributed by atoms with Crippen LogP contribution in [0.2, 0.25) is 0 Å². The molecule has 2 aromatic carbocycles. The van der Waals surface area contributed by atoms with Crippen LogP contribution in [0, 0.1) is 5.82 Å². The third-order valence-corrected chi connectivity index (χ3v) is 4.87. The monoisotopic (exact) mass is 440 g/mol. The summed E-state index contributed by atoms with van der Waals surface area (Å²) in [5.74, 6) is 0.509. The van der Waals surface area contributed by atoms with Gasteiger partial charge < -0.3 is 14.5 Å². The van der Waals surface area contributed by atoms with Crippen LogP contribution in [-0.4, -0.2) is 21.2 Å². The molecule has 0 amide bonds. The Morgan fingerprint density at radius 2 is 1.91 bits per heavy atom. The number of hydrogen-bond donors (Lipinski definition) is 1. The average molecular weight is 440 g/mol. The van der Waals surface area contributed by atoms with E-state index in [0.29, 0.717) is 45.8 Å². The number of anilines is 2. The number of benzene rings is 2. The maximum atomic E-state index is 13.6. The van der Waals surface area contributed by atoms with Gasteiger partial charge in [0, 0.05) is 11.3 Å². The van der Waals surface area contributed by atoms with Crippen LogP contribution in [0.15, 0.2) is 83.6 Å². The Balaban J connectivity index is 1.55. The molecule has 0 aliphatic heterocycles. The van der Waals surface area contributed by atoms with E-state index in [1.165, 1.54) is 18.4 Å². The molecular weight excluding hydrogens is 423 g/mol. The van der Waals surface area contributed by atoms with Crippen molar-refractivity contribution < 1.29 is 18.3 Å². The van der Waals surface area contributed by atoms with Gasteiger partial charge in [-0.25, -0.2) is 9.37 Å². The Bertz CT molecular complexity index is 1440. The van der Waals surface area contributed by atoms with Gasteiger partial charge in [-0.15, -0.1) is 0 Å². The summed E-state index contributed by atoms with van der Waals surface area (Å²) in [7, 11) is 0. The van der Waals surface area contributed by atoms with E-state index >= 15 is 0 Å². The molecule has 0 saturated heterocycles.